The molecule has 4 heteroatoms. The standard InChI is InChI=1S/C5H10N4/c1-9-4-5(2-7-6)3-8-9/h3-4,7H,2,6H2,1H3. The summed E-state index contributed by atoms with van der Waals surface area (Å²) in [7, 11) is 1.88. The van der Waals surface area contributed by atoms with Crippen LogP contribution >= 0.6 is 0 Å². The second-order valence-corrected chi connectivity index (χ2v) is 1.90. The first-order chi connectivity index (χ1) is 4.33. The van der Waals surface area contributed by atoms with E-state index in [1.54, 1.807) is 10.9 Å². The van der Waals surface area contributed by atoms with Crippen LogP contribution < -0.4 is 11.3 Å². The van der Waals surface area contributed by atoms with Crippen molar-refractivity contribution in [3.05, 3.63) is 18.0 Å². The Balaban J connectivity index is 2.61. The van der Waals surface area contributed by atoms with Gasteiger partial charge in [0.05, 0.1) is 6.20 Å². The van der Waals surface area contributed by atoms with Crippen LogP contribution in [0.15, 0.2) is 12.4 Å². The van der Waals surface area contributed by atoms with Crippen LogP contribution in [0, 0.1) is 0 Å². The minimum Gasteiger partial charge on any atom is -0.275 e. The molecule has 0 bridgehead atoms. The molecule has 1 aromatic heterocycles. The van der Waals surface area contributed by atoms with Crippen molar-refractivity contribution in [3.8, 4) is 0 Å². The van der Waals surface area contributed by atoms with E-state index in [9.17, 15) is 0 Å². The molecule has 0 saturated heterocycles. The van der Waals surface area contributed by atoms with Gasteiger partial charge in [-0.2, -0.15) is 5.10 Å². The number of rotatable bonds is 2. The summed E-state index contributed by atoms with van der Waals surface area (Å²) < 4.78 is 1.74. The van der Waals surface area contributed by atoms with Gasteiger partial charge in [-0.25, -0.2) is 0 Å². The molecule has 0 fully saturated rings. The van der Waals surface area contributed by atoms with Crippen LogP contribution in [0.2, 0.25) is 0 Å². The van der Waals surface area contributed by atoms with E-state index >= 15 is 0 Å². The average Bonchev–Trinajstić information content (AvgIpc) is 2.17. The Morgan fingerprint density at radius 3 is 3.11 bits per heavy atom. The average molecular weight is 126 g/mol. The number of aromatic nitrogens is 2. The second kappa shape index (κ2) is 2.61. The Morgan fingerprint density at radius 2 is 2.67 bits per heavy atom. The third-order valence-electron chi connectivity index (χ3n) is 1.06. The molecule has 3 N–H and O–H groups in total. The van der Waals surface area contributed by atoms with Crippen LogP contribution in [0.4, 0.5) is 0 Å². The van der Waals surface area contributed by atoms with Gasteiger partial charge in [-0.3, -0.25) is 16.0 Å². The molecule has 0 aliphatic heterocycles. The lowest BCUT2D eigenvalue weighted by Gasteiger charge is -1.89. The van der Waals surface area contributed by atoms with E-state index in [2.05, 4.69) is 10.5 Å². The highest BCUT2D eigenvalue weighted by Crippen LogP contribution is 1.92. The lowest BCUT2D eigenvalue weighted by Crippen LogP contribution is -2.20. The first-order valence-electron chi connectivity index (χ1n) is 2.74. The highest BCUT2D eigenvalue weighted by Gasteiger charge is 1.90. The van der Waals surface area contributed by atoms with Gasteiger partial charge < -0.3 is 0 Å². The van der Waals surface area contributed by atoms with Crippen LogP contribution in [0.5, 0.6) is 0 Å². The SMILES string of the molecule is Cn1cc(CNN)cn1. The molecule has 0 amide bonds. The summed E-state index contributed by atoms with van der Waals surface area (Å²) in [5.41, 5.74) is 3.64. The van der Waals surface area contributed by atoms with Gasteiger partial charge in [0, 0.05) is 25.4 Å². The van der Waals surface area contributed by atoms with Gasteiger partial charge in [-0.1, -0.05) is 0 Å². The molecule has 0 spiro atoms. The van der Waals surface area contributed by atoms with Crippen molar-refractivity contribution in [1.29, 1.82) is 0 Å². The summed E-state index contributed by atoms with van der Waals surface area (Å²) in [6, 6.07) is 0. The fourth-order valence-corrected chi connectivity index (χ4v) is 0.681. The minimum atomic E-state index is 0.674. The molecular formula is C5H10N4. The van der Waals surface area contributed by atoms with Crippen LogP contribution in [-0.2, 0) is 13.6 Å². The van der Waals surface area contributed by atoms with E-state index in [0.29, 0.717) is 6.54 Å². The van der Waals surface area contributed by atoms with Crippen molar-refractivity contribution in [1.82, 2.24) is 15.2 Å². The summed E-state index contributed by atoms with van der Waals surface area (Å²) in [5.74, 6) is 5.08. The summed E-state index contributed by atoms with van der Waals surface area (Å²) in [6.07, 6.45) is 3.69. The molecule has 1 rings (SSSR count). The molecule has 0 aliphatic rings. The van der Waals surface area contributed by atoms with Crippen molar-refractivity contribution in [2.75, 3.05) is 0 Å². The maximum absolute atomic E-state index is 5.08. The summed E-state index contributed by atoms with van der Waals surface area (Å²) in [4.78, 5) is 0. The molecule has 4 nitrogen and oxygen atoms in total. The van der Waals surface area contributed by atoms with Crippen molar-refractivity contribution in [2.45, 2.75) is 6.54 Å². The van der Waals surface area contributed by atoms with Crippen LogP contribution in [0.25, 0.3) is 0 Å². The topological polar surface area (TPSA) is 55.9 Å². The number of hydrogen-bond donors (Lipinski definition) is 2. The number of nitrogens with zero attached hydrogens (tertiary/aromatic N) is 2. The van der Waals surface area contributed by atoms with Crippen molar-refractivity contribution in [3.63, 3.8) is 0 Å². The van der Waals surface area contributed by atoms with E-state index in [0.717, 1.165) is 5.56 Å². The number of nitrogens with one attached hydrogen (secondary N) is 1. The zero-order valence-corrected chi connectivity index (χ0v) is 5.33. The smallest absolute Gasteiger partial charge is 0.0535 e. The lowest BCUT2D eigenvalue weighted by atomic mass is 10.4. The van der Waals surface area contributed by atoms with Gasteiger partial charge in [-0.15, -0.1) is 0 Å². The van der Waals surface area contributed by atoms with Gasteiger partial charge >= 0.3 is 0 Å². The molecule has 1 aromatic rings. The monoisotopic (exact) mass is 126 g/mol. The predicted molar refractivity (Wildman–Crippen MR) is 34.2 cm³/mol. The van der Waals surface area contributed by atoms with Crippen molar-refractivity contribution >= 4 is 0 Å². The second-order valence-electron chi connectivity index (χ2n) is 1.90. The van der Waals surface area contributed by atoms with Crippen molar-refractivity contribution < 1.29 is 0 Å². The normalized spacial score (nSPS) is 10.0. The van der Waals surface area contributed by atoms with Gasteiger partial charge in [0.25, 0.3) is 0 Å². The van der Waals surface area contributed by atoms with Gasteiger partial charge in [0.1, 0.15) is 0 Å². The van der Waals surface area contributed by atoms with E-state index in [-0.39, 0.29) is 0 Å². The van der Waals surface area contributed by atoms with Crippen molar-refractivity contribution in [2.24, 2.45) is 12.9 Å². The van der Waals surface area contributed by atoms with E-state index in [1.807, 2.05) is 13.2 Å². The third kappa shape index (κ3) is 1.51. The zero-order valence-electron chi connectivity index (χ0n) is 5.33. The molecule has 1 heterocycles. The number of hydrazine groups is 1. The predicted octanol–water partition coefficient (Wildman–Crippen LogP) is -0.617. The molecule has 0 aliphatic carbocycles. The fourth-order valence-electron chi connectivity index (χ4n) is 0.681. The van der Waals surface area contributed by atoms with Gasteiger partial charge in [-0.05, 0) is 0 Å². The quantitative estimate of drug-likeness (QED) is 0.410. The molecule has 0 atom stereocenters. The Kier molecular flexibility index (Phi) is 1.81. The maximum Gasteiger partial charge on any atom is 0.0535 e. The molecular weight excluding hydrogens is 116 g/mol. The maximum atomic E-state index is 5.08. The minimum absolute atomic E-state index is 0.674. The molecule has 0 saturated carbocycles. The Morgan fingerprint density at radius 1 is 1.89 bits per heavy atom. The fraction of sp³-hybridized carbons (Fsp3) is 0.400. The van der Waals surface area contributed by atoms with Crippen LogP contribution in [0.3, 0.4) is 0 Å². The lowest BCUT2D eigenvalue weighted by molar-refractivity contribution is 0.736. The highest BCUT2D eigenvalue weighted by molar-refractivity contribution is 5.02. The summed E-state index contributed by atoms with van der Waals surface area (Å²) in [6.45, 7) is 0.674. The zero-order chi connectivity index (χ0) is 6.69. The van der Waals surface area contributed by atoms with E-state index < -0.39 is 0 Å². The van der Waals surface area contributed by atoms with Gasteiger partial charge in [0.2, 0.25) is 0 Å². The Hall–Kier alpha value is -0.870. The molecule has 9 heavy (non-hydrogen) atoms. The molecule has 50 valence electrons. The molecule has 0 unspecified atom stereocenters. The number of aryl methyl sites for hydroxylation is 1. The highest BCUT2D eigenvalue weighted by atomic mass is 15.3. The van der Waals surface area contributed by atoms with E-state index in [4.69, 9.17) is 5.84 Å². The number of nitrogens with two attached hydrogens (primary N) is 1. The first kappa shape index (κ1) is 6.25. The summed E-state index contributed by atoms with van der Waals surface area (Å²) in [5, 5.41) is 3.96. The van der Waals surface area contributed by atoms with Crippen LogP contribution in [-0.4, -0.2) is 9.78 Å². The number of hydrogen-bond acceptors (Lipinski definition) is 3. The van der Waals surface area contributed by atoms with E-state index in [1.165, 1.54) is 0 Å². The molecule has 0 aromatic carbocycles. The Bertz CT molecular complexity index is 181. The Labute approximate surface area is 53.6 Å². The largest absolute Gasteiger partial charge is 0.275 e. The first-order valence-corrected chi connectivity index (χ1v) is 2.74. The van der Waals surface area contributed by atoms with Crippen LogP contribution in [0.1, 0.15) is 5.56 Å². The van der Waals surface area contributed by atoms with Gasteiger partial charge in [0.15, 0.2) is 0 Å². The molecule has 0 radical (unpaired) electrons. The third-order valence-corrected chi connectivity index (χ3v) is 1.06. The summed E-state index contributed by atoms with van der Waals surface area (Å²) >= 11 is 0.